The van der Waals surface area contributed by atoms with Crippen molar-refractivity contribution in [3.63, 3.8) is 0 Å². The first kappa shape index (κ1) is 16.2. The summed E-state index contributed by atoms with van der Waals surface area (Å²) in [5.74, 6) is -0.267. The highest BCUT2D eigenvalue weighted by atomic mass is 32.2. The van der Waals surface area contributed by atoms with Gasteiger partial charge in [-0.2, -0.15) is 4.31 Å². The second-order valence-electron chi connectivity index (χ2n) is 5.40. The highest BCUT2D eigenvalue weighted by Gasteiger charge is 2.27. The van der Waals surface area contributed by atoms with Crippen LogP contribution in [0.15, 0.2) is 46.7 Å². The molecule has 0 spiro atoms. The second-order valence-corrected chi connectivity index (χ2v) is 8.37. The van der Waals surface area contributed by atoms with Gasteiger partial charge in [-0.15, -0.1) is 11.3 Å². The van der Waals surface area contributed by atoms with Crippen LogP contribution < -0.4 is 5.32 Å². The Hall–Kier alpha value is -1.70. The van der Waals surface area contributed by atoms with E-state index in [1.54, 1.807) is 29.5 Å². The Kier molecular flexibility index (Phi) is 4.79. The average Bonchev–Trinajstić information content (AvgIpc) is 3.26. The molecule has 1 aromatic carbocycles. The zero-order valence-electron chi connectivity index (χ0n) is 12.6. The standard InChI is InChI=1S/C16H18N2O3S2/c19-16(17-12-14-6-4-10-22-14)13-5-3-7-15(11-13)23(20,21)18-8-1-2-9-18/h3-7,10-11H,1-2,8-9,12H2,(H,17,19). The van der Waals surface area contributed by atoms with Gasteiger partial charge in [-0.1, -0.05) is 12.1 Å². The van der Waals surface area contributed by atoms with Gasteiger partial charge in [-0.3, -0.25) is 4.79 Å². The molecule has 1 fully saturated rings. The Balaban J connectivity index is 1.75. The van der Waals surface area contributed by atoms with Gasteiger partial charge < -0.3 is 5.32 Å². The number of nitrogens with zero attached hydrogens (tertiary/aromatic N) is 1. The number of hydrogen-bond donors (Lipinski definition) is 1. The Labute approximate surface area is 140 Å². The zero-order chi connectivity index (χ0) is 16.3. The van der Waals surface area contributed by atoms with E-state index in [2.05, 4.69) is 5.32 Å². The minimum Gasteiger partial charge on any atom is -0.347 e. The number of rotatable bonds is 5. The van der Waals surface area contributed by atoms with E-state index in [0.29, 0.717) is 25.2 Å². The van der Waals surface area contributed by atoms with Crippen LogP contribution in [0.25, 0.3) is 0 Å². The van der Waals surface area contributed by atoms with E-state index in [1.807, 2.05) is 17.5 Å². The molecule has 5 nitrogen and oxygen atoms in total. The molecule has 1 aliphatic rings. The van der Waals surface area contributed by atoms with E-state index in [1.165, 1.54) is 10.4 Å². The smallest absolute Gasteiger partial charge is 0.251 e. The molecule has 0 radical (unpaired) electrons. The fourth-order valence-electron chi connectivity index (χ4n) is 2.56. The summed E-state index contributed by atoms with van der Waals surface area (Å²) >= 11 is 1.57. The molecule has 3 rings (SSSR count). The number of carbonyl (C=O) groups excluding carboxylic acids is 1. The minimum atomic E-state index is -3.50. The van der Waals surface area contributed by atoms with Gasteiger partial charge in [0, 0.05) is 23.5 Å². The predicted molar refractivity (Wildman–Crippen MR) is 89.9 cm³/mol. The van der Waals surface area contributed by atoms with Gasteiger partial charge in [0.25, 0.3) is 5.91 Å². The lowest BCUT2D eigenvalue weighted by atomic mass is 10.2. The molecule has 1 aliphatic heterocycles. The third-order valence-electron chi connectivity index (χ3n) is 3.80. The normalized spacial score (nSPS) is 15.7. The molecule has 1 aromatic heterocycles. The van der Waals surface area contributed by atoms with Crippen LogP contribution in [0.2, 0.25) is 0 Å². The summed E-state index contributed by atoms with van der Waals surface area (Å²) in [5.41, 5.74) is 0.363. The maximum absolute atomic E-state index is 12.5. The number of sulfonamides is 1. The minimum absolute atomic E-state index is 0.183. The zero-order valence-corrected chi connectivity index (χ0v) is 14.2. The van der Waals surface area contributed by atoms with Gasteiger partial charge in [0.2, 0.25) is 10.0 Å². The van der Waals surface area contributed by atoms with Crippen LogP contribution in [0.3, 0.4) is 0 Å². The lowest BCUT2D eigenvalue weighted by Crippen LogP contribution is -2.28. The van der Waals surface area contributed by atoms with E-state index < -0.39 is 10.0 Å². The summed E-state index contributed by atoms with van der Waals surface area (Å²) in [4.78, 5) is 13.5. The second kappa shape index (κ2) is 6.82. The number of hydrogen-bond acceptors (Lipinski definition) is 4. The maximum atomic E-state index is 12.5. The largest absolute Gasteiger partial charge is 0.347 e. The van der Waals surface area contributed by atoms with Crippen LogP contribution in [-0.4, -0.2) is 31.7 Å². The molecular formula is C16H18N2O3S2. The van der Waals surface area contributed by atoms with Crippen LogP contribution in [0.4, 0.5) is 0 Å². The molecule has 1 saturated heterocycles. The molecular weight excluding hydrogens is 332 g/mol. The molecule has 2 heterocycles. The van der Waals surface area contributed by atoms with Crippen molar-refractivity contribution < 1.29 is 13.2 Å². The quantitative estimate of drug-likeness (QED) is 0.901. The van der Waals surface area contributed by atoms with Crippen molar-refractivity contribution in [2.24, 2.45) is 0 Å². The maximum Gasteiger partial charge on any atom is 0.251 e. The summed E-state index contributed by atoms with van der Waals surface area (Å²) in [6, 6.07) is 10.1. The Morgan fingerprint density at radius 1 is 1.17 bits per heavy atom. The third kappa shape index (κ3) is 3.63. The fraction of sp³-hybridized carbons (Fsp3) is 0.312. The molecule has 122 valence electrons. The van der Waals surface area contributed by atoms with Crippen molar-refractivity contribution in [3.05, 3.63) is 52.2 Å². The van der Waals surface area contributed by atoms with Gasteiger partial charge >= 0.3 is 0 Å². The topological polar surface area (TPSA) is 66.5 Å². The van der Waals surface area contributed by atoms with E-state index >= 15 is 0 Å². The summed E-state index contributed by atoms with van der Waals surface area (Å²) in [5, 5.41) is 4.76. The van der Waals surface area contributed by atoms with E-state index in [9.17, 15) is 13.2 Å². The number of thiophene rings is 1. The van der Waals surface area contributed by atoms with Crippen molar-refractivity contribution in [3.8, 4) is 0 Å². The number of nitrogens with one attached hydrogen (secondary N) is 1. The molecule has 0 unspecified atom stereocenters. The number of carbonyl (C=O) groups is 1. The number of benzene rings is 1. The first-order valence-electron chi connectivity index (χ1n) is 7.48. The van der Waals surface area contributed by atoms with Crippen LogP contribution in [0.1, 0.15) is 28.1 Å². The molecule has 23 heavy (non-hydrogen) atoms. The Morgan fingerprint density at radius 3 is 2.65 bits per heavy atom. The summed E-state index contributed by atoms with van der Waals surface area (Å²) in [7, 11) is -3.50. The van der Waals surface area contributed by atoms with E-state index in [4.69, 9.17) is 0 Å². The molecule has 7 heteroatoms. The first-order chi connectivity index (χ1) is 11.1. The molecule has 0 bridgehead atoms. The van der Waals surface area contributed by atoms with Crippen LogP contribution >= 0.6 is 11.3 Å². The van der Waals surface area contributed by atoms with Gasteiger partial charge in [0.1, 0.15) is 0 Å². The van der Waals surface area contributed by atoms with Crippen molar-refractivity contribution in [2.75, 3.05) is 13.1 Å². The summed E-state index contributed by atoms with van der Waals surface area (Å²) in [6.45, 7) is 1.55. The van der Waals surface area contributed by atoms with Crippen LogP contribution in [0, 0.1) is 0 Å². The third-order valence-corrected chi connectivity index (χ3v) is 6.57. The fourth-order valence-corrected chi connectivity index (χ4v) is 4.77. The van der Waals surface area contributed by atoms with E-state index in [-0.39, 0.29) is 10.8 Å². The van der Waals surface area contributed by atoms with Crippen molar-refractivity contribution in [1.82, 2.24) is 9.62 Å². The van der Waals surface area contributed by atoms with Gasteiger partial charge in [-0.05, 0) is 42.5 Å². The lowest BCUT2D eigenvalue weighted by Gasteiger charge is -2.16. The molecule has 0 aliphatic carbocycles. The molecule has 1 amide bonds. The summed E-state index contributed by atoms with van der Waals surface area (Å²) in [6.07, 6.45) is 1.78. The molecule has 2 aromatic rings. The Bertz CT molecular complexity index is 779. The monoisotopic (exact) mass is 350 g/mol. The Morgan fingerprint density at radius 2 is 1.96 bits per heavy atom. The molecule has 1 N–H and O–H groups in total. The van der Waals surface area contributed by atoms with Crippen molar-refractivity contribution in [2.45, 2.75) is 24.3 Å². The summed E-state index contributed by atoms with van der Waals surface area (Å²) < 4.78 is 26.6. The van der Waals surface area contributed by atoms with Crippen LogP contribution in [0.5, 0.6) is 0 Å². The van der Waals surface area contributed by atoms with Gasteiger partial charge in [-0.25, -0.2) is 8.42 Å². The average molecular weight is 350 g/mol. The van der Waals surface area contributed by atoms with Crippen molar-refractivity contribution in [1.29, 1.82) is 0 Å². The van der Waals surface area contributed by atoms with E-state index in [0.717, 1.165) is 17.7 Å². The SMILES string of the molecule is O=C(NCc1cccs1)c1cccc(S(=O)(=O)N2CCCC2)c1. The van der Waals surface area contributed by atoms with Crippen LogP contribution in [-0.2, 0) is 16.6 Å². The predicted octanol–water partition coefficient (Wildman–Crippen LogP) is 2.46. The molecule has 0 atom stereocenters. The number of amides is 1. The highest BCUT2D eigenvalue weighted by Crippen LogP contribution is 2.21. The van der Waals surface area contributed by atoms with Gasteiger partial charge in [0.05, 0.1) is 11.4 Å². The highest BCUT2D eigenvalue weighted by molar-refractivity contribution is 7.89. The van der Waals surface area contributed by atoms with Crippen molar-refractivity contribution >= 4 is 27.3 Å². The lowest BCUT2D eigenvalue weighted by molar-refractivity contribution is 0.0951. The first-order valence-corrected chi connectivity index (χ1v) is 9.80. The van der Waals surface area contributed by atoms with Gasteiger partial charge in [0.15, 0.2) is 0 Å². The molecule has 0 saturated carbocycles.